The van der Waals surface area contributed by atoms with Gasteiger partial charge in [0, 0.05) is 0 Å². The maximum Gasteiger partial charge on any atom is 0.335 e. The molecule has 6 rings (SSSR count). The molecule has 45 heavy (non-hydrogen) atoms. The normalized spacial score (nSPS) is 11.4. The first-order valence-corrected chi connectivity index (χ1v) is 14.7. The number of methoxy groups -OCH3 is 1. The Morgan fingerprint density at radius 2 is 1.80 bits per heavy atom. The van der Waals surface area contributed by atoms with Crippen LogP contribution in [0.4, 0.5) is 0 Å². The van der Waals surface area contributed by atoms with Gasteiger partial charge in [0.1, 0.15) is 17.9 Å². The Morgan fingerprint density at radius 3 is 2.56 bits per heavy atom. The highest BCUT2D eigenvalue weighted by Crippen LogP contribution is 2.37. The van der Waals surface area contributed by atoms with Crippen molar-refractivity contribution in [2.75, 3.05) is 13.7 Å². The van der Waals surface area contributed by atoms with Gasteiger partial charge in [0.15, 0.2) is 17.3 Å². The molecular formula is C34H26BrN3O7. The summed E-state index contributed by atoms with van der Waals surface area (Å²) in [6.45, 7) is 2.43. The summed E-state index contributed by atoms with van der Waals surface area (Å²) in [5, 5.41) is 14.9. The largest absolute Gasteiger partial charge is 0.496 e. The minimum absolute atomic E-state index is 0.190. The lowest BCUT2D eigenvalue weighted by molar-refractivity contribution is 0.0697. The second-order valence-electron chi connectivity index (χ2n) is 9.85. The summed E-state index contributed by atoms with van der Waals surface area (Å²) in [6.07, 6.45) is 1.53. The Balaban J connectivity index is 1.38. The summed E-state index contributed by atoms with van der Waals surface area (Å²) >= 11 is 3.58. The first-order chi connectivity index (χ1) is 21.9. The highest BCUT2D eigenvalue weighted by molar-refractivity contribution is 9.10. The fourth-order valence-electron chi connectivity index (χ4n) is 4.80. The van der Waals surface area contributed by atoms with Gasteiger partial charge in [-0.05, 0) is 88.6 Å². The lowest BCUT2D eigenvalue weighted by atomic mass is 10.1. The molecule has 0 aliphatic rings. The molecule has 0 unspecified atom stereocenters. The lowest BCUT2D eigenvalue weighted by Crippen LogP contribution is -2.20. The topological polar surface area (TPSA) is 125 Å². The van der Waals surface area contributed by atoms with Crippen LogP contribution in [0.25, 0.3) is 33.5 Å². The third-order valence-corrected chi connectivity index (χ3v) is 7.54. The van der Waals surface area contributed by atoms with Crippen molar-refractivity contribution < 1.29 is 28.5 Å². The van der Waals surface area contributed by atoms with Crippen molar-refractivity contribution >= 4 is 50.0 Å². The molecule has 0 radical (unpaired) electrons. The Kier molecular flexibility index (Phi) is 8.35. The monoisotopic (exact) mass is 667 g/mol. The second-order valence-corrected chi connectivity index (χ2v) is 10.7. The van der Waals surface area contributed by atoms with Gasteiger partial charge in [-0.2, -0.15) is 9.78 Å². The molecule has 226 valence electrons. The first-order valence-electron chi connectivity index (χ1n) is 13.9. The van der Waals surface area contributed by atoms with E-state index in [0.29, 0.717) is 56.1 Å². The number of hydrogen-bond donors (Lipinski definition) is 1. The summed E-state index contributed by atoms with van der Waals surface area (Å²) in [5.74, 6) is 1.15. The van der Waals surface area contributed by atoms with Crippen LogP contribution in [0, 0.1) is 0 Å². The Bertz CT molecular complexity index is 2140. The number of carboxylic acid groups (broad SMARTS) is 1. The summed E-state index contributed by atoms with van der Waals surface area (Å²) in [7, 11) is 1.58. The average Bonchev–Trinajstić information content (AvgIpc) is 3.49. The van der Waals surface area contributed by atoms with E-state index < -0.39 is 5.97 Å². The number of benzene rings is 4. The van der Waals surface area contributed by atoms with Gasteiger partial charge >= 0.3 is 5.97 Å². The van der Waals surface area contributed by atoms with Crippen LogP contribution in [0.3, 0.4) is 0 Å². The quantitative estimate of drug-likeness (QED) is 0.153. The molecule has 4 aromatic carbocycles. The van der Waals surface area contributed by atoms with Gasteiger partial charge in [-0.3, -0.25) is 4.79 Å². The number of ether oxygens (including phenoxy) is 3. The van der Waals surface area contributed by atoms with E-state index in [1.807, 2.05) is 31.2 Å². The highest BCUT2D eigenvalue weighted by Gasteiger charge is 2.18. The van der Waals surface area contributed by atoms with E-state index in [4.69, 9.17) is 28.7 Å². The number of rotatable bonds is 10. The van der Waals surface area contributed by atoms with Crippen LogP contribution in [-0.4, -0.2) is 40.7 Å². The smallest absolute Gasteiger partial charge is 0.335 e. The van der Waals surface area contributed by atoms with E-state index >= 15 is 0 Å². The molecule has 2 aromatic heterocycles. The molecule has 0 aliphatic heterocycles. The maximum atomic E-state index is 13.7. The Labute approximate surface area is 265 Å². The van der Waals surface area contributed by atoms with Gasteiger partial charge in [0.25, 0.3) is 5.56 Å². The zero-order valence-electron chi connectivity index (χ0n) is 24.2. The van der Waals surface area contributed by atoms with Crippen LogP contribution in [0.15, 0.2) is 104 Å². The number of carboxylic acids is 1. The minimum atomic E-state index is -0.993. The fourth-order valence-corrected chi connectivity index (χ4v) is 5.38. The maximum absolute atomic E-state index is 13.7. The molecule has 0 spiro atoms. The SMILES string of the molecule is CCOc1cc(C=Nn2c(-c3cc4c(OC)cccc4o3)nc3ccccc3c2=O)cc(Br)c1OCc1ccc(C(=O)O)cc1. The predicted octanol–water partition coefficient (Wildman–Crippen LogP) is 7.14. The molecule has 2 heterocycles. The third kappa shape index (κ3) is 6.02. The molecule has 0 amide bonds. The van der Waals surface area contributed by atoms with Crippen LogP contribution in [0.2, 0.25) is 0 Å². The van der Waals surface area contributed by atoms with E-state index in [1.54, 1.807) is 55.6 Å². The average molecular weight is 669 g/mol. The Morgan fingerprint density at radius 1 is 1.00 bits per heavy atom. The van der Waals surface area contributed by atoms with Gasteiger partial charge in [-0.15, -0.1) is 0 Å². The first kappa shape index (κ1) is 29.6. The van der Waals surface area contributed by atoms with E-state index in [9.17, 15) is 9.59 Å². The molecule has 0 fully saturated rings. The molecular weight excluding hydrogens is 642 g/mol. The molecule has 0 saturated heterocycles. The molecule has 0 atom stereocenters. The number of hydrogen-bond acceptors (Lipinski definition) is 8. The highest BCUT2D eigenvalue weighted by atomic mass is 79.9. The fraction of sp³-hybridized carbons (Fsp3) is 0.118. The van der Waals surface area contributed by atoms with E-state index in [1.165, 1.54) is 23.0 Å². The van der Waals surface area contributed by atoms with Gasteiger partial charge in [0.2, 0.25) is 5.82 Å². The van der Waals surface area contributed by atoms with Crippen LogP contribution in [0.1, 0.15) is 28.4 Å². The summed E-state index contributed by atoms with van der Waals surface area (Å²) in [4.78, 5) is 29.6. The molecule has 10 nitrogen and oxygen atoms in total. The van der Waals surface area contributed by atoms with Crippen LogP contribution in [-0.2, 0) is 6.61 Å². The van der Waals surface area contributed by atoms with Crippen molar-refractivity contribution in [2.24, 2.45) is 5.10 Å². The lowest BCUT2D eigenvalue weighted by Gasteiger charge is -2.15. The number of carbonyl (C=O) groups is 1. The van der Waals surface area contributed by atoms with Crippen LogP contribution in [0.5, 0.6) is 17.2 Å². The van der Waals surface area contributed by atoms with Crippen molar-refractivity contribution in [1.29, 1.82) is 0 Å². The summed E-state index contributed by atoms with van der Waals surface area (Å²) in [5.41, 5.74) is 2.34. The van der Waals surface area contributed by atoms with Crippen LogP contribution >= 0.6 is 15.9 Å². The summed E-state index contributed by atoms with van der Waals surface area (Å²) < 4.78 is 25.4. The number of furan rings is 1. The van der Waals surface area contributed by atoms with E-state index in [0.717, 1.165) is 10.9 Å². The molecule has 0 saturated carbocycles. The number of aromatic carboxylic acids is 1. The molecule has 1 N–H and O–H groups in total. The summed E-state index contributed by atoms with van der Waals surface area (Å²) in [6, 6.07) is 24.3. The number of halogens is 1. The Hall–Kier alpha value is -5.42. The van der Waals surface area contributed by atoms with Gasteiger partial charge in [-0.25, -0.2) is 9.78 Å². The van der Waals surface area contributed by atoms with Gasteiger partial charge in [0.05, 0.1) is 46.3 Å². The number of para-hydroxylation sites is 1. The zero-order chi connectivity index (χ0) is 31.5. The predicted molar refractivity (Wildman–Crippen MR) is 174 cm³/mol. The molecule has 0 bridgehead atoms. The second kappa shape index (κ2) is 12.7. The van der Waals surface area contributed by atoms with Crippen molar-refractivity contribution in [1.82, 2.24) is 9.66 Å². The van der Waals surface area contributed by atoms with Crippen molar-refractivity contribution in [3.8, 4) is 28.8 Å². The van der Waals surface area contributed by atoms with E-state index in [-0.39, 0.29) is 23.6 Å². The third-order valence-electron chi connectivity index (χ3n) is 6.95. The molecule has 11 heteroatoms. The van der Waals surface area contributed by atoms with Gasteiger partial charge in [-0.1, -0.05) is 30.3 Å². The number of fused-ring (bicyclic) bond motifs is 2. The molecule has 6 aromatic rings. The van der Waals surface area contributed by atoms with Gasteiger partial charge < -0.3 is 23.7 Å². The van der Waals surface area contributed by atoms with Crippen molar-refractivity contribution in [3.05, 3.63) is 116 Å². The zero-order valence-corrected chi connectivity index (χ0v) is 25.8. The van der Waals surface area contributed by atoms with E-state index in [2.05, 4.69) is 21.0 Å². The number of nitrogens with zero attached hydrogens (tertiary/aromatic N) is 3. The van der Waals surface area contributed by atoms with Crippen molar-refractivity contribution in [3.63, 3.8) is 0 Å². The molecule has 0 aliphatic carbocycles. The standard InChI is InChI=1S/C34H26BrN3O7/c1-3-43-29-16-21(15-25(35)31(29)44-19-20-11-13-22(14-12-20)34(40)41)18-36-38-32(37-26-8-5-4-7-23(26)33(38)39)30-17-24-27(42-2)9-6-10-28(24)45-30/h4-18H,3,19H2,1-2H3,(H,40,41). The minimum Gasteiger partial charge on any atom is -0.496 e. The number of aromatic nitrogens is 2. The van der Waals surface area contributed by atoms with Crippen molar-refractivity contribution in [2.45, 2.75) is 13.5 Å². The van der Waals surface area contributed by atoms with Crippen LogP contribution < -0.4 is 19.8 Å².